The number of nitriles is 1. The van der Waals surface area contributed by atoms with Gasteiger partial charge in [0.1, 0.15) is 5.54 Å². The van der Waals surface area contributed by atoms with E-state index in [4.69, 9.17) is 10.5 Å². The summed E-state index contributed by atoms with van der Waals surface area (Å²) < 4.78 is 4.87. The van der Waals surface area contributed by atoms with E-state index in [1.807, 2.05) is 0 Å². The van der Waals surface area contributed by atoms with Crippen LogP contribution in [0.15, 0.2) is 18.2 Å². The molecule has 0 saturated heterocycles. The van der Waals surface area contributed by atoms with Gasteiger partial charge in [-0.15, -0.1) is 0 Å². The Morgan fingerprint density at radius 3 is 2.64 bits per heavy atom. The van der Waals surface area contributed by atoms with E-state index in [1.54, 1.807) is 0 Å². The SMILES string of the molecule is N#CC1(NC(=O)COC(=O)c2cc([N+](=O)[O-])ccc2N)CCCCC1. The Balaban J connectivity index is 1.98. The zero-order chi connectivity index (χ0) is 18.4. The molecular formula is C16H18N4O5. The Kier molecular flexibility index (Phi) is 5.54. The number of ether oxygens (including phenoxy) is 1. The molecule has 9 heteroatoms. The summed E-state index contributed by atoms with van der Waals surface area (Å²) in [6, 6.07) is 5.51. The molecule has 1 aliphatic rings. The number of nitrogens with zero attached hydrogens (tertiary/aromatic N) is 2. The van der Waals surface area contributed by atoms with Crippen molar-refractivity contribution >= 4 is 23.3 Å². The molecule has 1 aromatic carbocycles. The smallest absolute Gasteiger partial charge is 0.341 e. The number of amides is 1. The molecule has 0 unspecified atom stereocenters. The van der Waals surface area contributed by atoms with Crippen LogP contribution in [0.1, 0.15) is 42.5 Å². The van der Waals surface area contributed by atoms with Crippen molar-refractivity contribution in [3.8, 4) is 6.07 Å². The number of nitrogens with two attached hydrogens (primary N) is 1. The lowest BCUT2D eigenvalue weighted by Gasteiger charge is -2.31. The van der Waals surface area contributed by atoms with E-state index in [0.717, 1.165) is 25.3 Å². The standard InChI is InChI=1S/C16H18N4O5/c17-10-16(6-2-1-3-7-16)19-14(21)9-25-15(22)12-8-11(20(23)24)4-5-13(12)18/h4-5,8H,1-3,6-7,9,18H2,(H,19,21). The number of benzene rings is 1. The number of nitrogen functional groups attached to an aromatic ring is 1. The van der Waals surface area contributed by atoms with Gasteiger partial charge in [0.15, 0.2) is 6.61 Å². The Hall–Kier alpha value is -3.15. The molecule has 0 spiro atoms. The third-order valence-corrected chi connectivity index (χ3v) is 4.10. The van der Waals surface area contributed by atoms with E-state index >= 15 is 0 Å². The highest BCUT2D eigenvalue weighted by atomic mass is 16.6. The van der Waals surface area contributed by atoms with Gasteiger partial charge in [-0.1, -0.05) is 19.3 Å². The Morgan fingerprint density at radius 1 is 1.36 bits per heavy atom. The molecule has 0 aromatic heterocycles. The summed E-state index contributed by atoms with van der Waals surface area (Å²) in [6.07, 6.45) is 3.82. The second kappa shape index (κ2) is 7.61. The van der Waals surface area contributed by atoms with Crippen LogP contribution in [0.4, 0.5) is 11.4 Å². The first-order valence-corrected chi connectivity index (χ1v) is 7.80. The van der Waals surface area contributed by atoms with Crippen LogP contribution < -0.4 is 11.1 Å². The molecule has 1 fully saturated rings. The Bertz CT molecular complexity index is 735. The van der Waals surface area contributed by atoms with Gasteiger partial charge in [-0.25, -0.2) is 4.79 Å². The molecule has 1 amide bonds. The van der Waals surface area contributed by atoms with Gasteiger partial charge in [-0.2, -0.15) is 5.26 Å². The summed E-state index contributed by atoms with van der Waals surface area (Å²) in [6.45, 7) is -0.593. The van der Waals surface area contributed by atoms with Crippen molar-refractivity contribution in [1.29, 1.82) is 5.26 Å². The van der Waals surface area contributed by atoms with Gasteiger partial charge in [-0.3, -0.25) is 14.9 Å². The Morgan fingerprint density at radius 2 is 2.04 bits per heavy atom. The zero-order valence-electron chi connectivity index (χ0n) is 13.5. The first-order valence-electron chi connectivity index (χ1n) is 7.80. The third kappa shape index (κ3) is 4.44. The van der Waals surface area contributed by atoms with Crippen LogP contribution in [0.2, 0.25) is 0 Å². The lowest BCUT2D eigenvalue weighted by atomic mass is 9.83. The largest absolute Gasteiger partial charge is 0.452 e. The number of rotatable bonds is 5. The second-order valence-electron chi connectivity index (χ2n) is 5.91. The molecule has 0 radical (unpaired) electrons. The zero-order valence-corrected chi connectivity index (χ0v) is 13.5. The number of hydrogen-bond acceptors (Lipinski definition) is 7. The lowest BCUT2D eigenvalue weighted by molar-refractivity contribution is -0.384. The minimum atomic E-state index is -0.939. The van der Waals surface area contributed by atoms with Crippen molar-refractivity contribution in [2.24, 2.45) is 0 Å². The first-order chi connectivity index (χ1) is 11.9. The van der Waals surface area contributed by atoms with Gasteiger partial charge in [0.25, 0.3) is 11.6 Å². The van der Waals surface area contributed by atoms with Gasteiger partial charge in [-0.05, 0) is 18.9 Å². The maximum absolute atomic E-state index is 12.0. The minimum Gasteiger partial charge on any atom is -0.452 e. The van der Waals surface area contributed by atoms with Crippen LogP contribution in [-0.2, 0) is 9.53 Å². The fourth-order valence-corrected chi connectivity index (χ4v) is 2.77. The minimum absolute atomic E-state index is 0.0109. The van der Waals surface area contributed by atoms with Crippen LogP contribution in [0, 0.1) is 21.4 Å². The van der Waals surface area contributed by atoms with Crippen LogP contribution in [0.5, 0.6) is 0 Å². The topological polar surface area (TPSA) is 148 Å². The van der Waals surface area contributed by atoms with Crippen molar-refractivity contribution in [3.63, 3.8) is 0 Å². The number of carbonyl (C=O) groups is 2. The highest BCUT2D eigenvalue weighted by molar-refractivity contribution is 5.97. The van der Waals surface area contributed by atoms with Gasteiger partial charge < -0.3 is 15.8 Å². The summed E-state index contributed by atoms with van der Waals surface area (Å²) >= 11 is 0. The fourth-order valence-electron chi connectivity index (χ4n) is 2.77. The molecule has 132 valence electrons. The molecular weight excluding hydrogens is 328 g/mol. The van der Waals surface area contributed by atoms with E-state index < -0.39 is 28.9 Å². The van der Waals surface area contributed by atoms with E-state index in [9.17, 15) is 25.0 Å². The van der Waals surface area contributed by atoms with Gasteiger partial charge in [0.2, 0.25) is 0 Å². The van der Waals surface area contributed by atoms with Crippen molar-refractivity contribution in [2.75, 3.05) is 12.3 Å². The first kappa shape index (κ1) is 18.2. The van der Waals surface area contributed by atoms with E-state index in [1.165, 1.54) is 12.1 Å². The monoisotopic (exact) mass is 346 g/mol. The third-order valence-electron chi connectivity index (χ3n) is 4.10. The van der Waals surface area contributed by atoms with Gasteiger partial charge in [0.05, 0.1) is 16.6 Å². The van der Waals surface area contributed by atoms with Gasteiger partial charge >= 0.3 is 5.97 Å². The lowest BCUT2D eigenvalue weighted by Crippen LogP contribution is -2.50. The molecule has 0 aliphatic heterocycles. The van der Waals surface area contributed by atoms with Crippen LogP contribution >= 0.6 is 0 Å². The number of nitrogens with one attached hydrogen (secondary N) is 1. The van der Waals surface area contributed by atoms with Crippen LogP contribution in [-0.4, -0.2) is 28.9 Å². The summed E-state index contributed by atoms with van der Waals surface area (Å²) in [5.74, 6) is -1.54. The number of non-ortho nitro benzene ring substituents is 1. The second-order valence-corrected chi connectivity index (χ2v) is 5.91. The maximum atomic E-state index is 12.0. The maximum Gasteiger partial charge on any atom is 0.341 e. The quantitative estimate of drug-likeness (QED) is 0.356. The molecule has 9 nitrogen and oxygen atoms in total. The number of carbonyl (C=O) groups excluding carboxylic acids is 2. The molecule has 2 rings (SSSR count). The average molecular weight is 346 g/mol. The normalized spacial score (nSPS) is 15.6. The molecule has 0 atom stereocenters. The summed E-state index contributed by atoms with van der Waals surface area (Å²) in [7, 11) is 0. The molecule has 0 bridgehead atoms. The van der Waals surface area contributed by atoms with E-state index in [2.05, 4.69) is 11.4 Å². The number of hydrogen-bond donors (Lipinski definition) is 2. The van der Waals surface area contributed by atoms with E-state index in [-0.39, 0.29) is 16.9 Å². The number of nitro groups is 1. The molecule has 1 aliphatic carbocycles. The molecule has 1 aromatic rings. The Labute approximate surface area is 143 Å². The van der Waals surface area contributed by atoms with Gasteiger partial charge in [0, 0.05) is 17.8 Å². The number of esters is 1. The summed E-state index contributed by atoms with van der Waals surface area (Å²) in [5.41, 5.74) is 4.21. The molecule has 25 heavy (non-hydrogen) atoms. The van der Waals surface area contributed by atoms with Crippen molar-refractivity contribution in [1.82, 2.24) is 5.32 Å². The predicted molar refractivity (Wildman–Crippen MR) is 87.4 cm³/mol. The number of nitro benzene ring substituents is 1. The fraction of sp³-hybridized carbons (Fsp3) is 0.438. The van der Waals surface area contributed by atoms with Crippen molar-refractivity contribution in [3.05, 3.63) is 33.9 Å². The number of anilines is 1. The van der Waals surface area contributed by atoms with Crippen molar-refractivity contribution < 1.29 is 19.2 Å². The average Bonchev–Trinajstić information content (AvgIpc) is 2.60. The van der Waals surface area contributed by atoms with E-state index in [0.29, 0.717) is 12.8 Å². The van der Waals surface area contributed by atoms with Crippen molar-refractivity contribution in [2.45, 2.75) is 37.6 Å². The van der Waals surface area contributed by atoms with Crippen LogP contribution in [0.3, 0.4) is 0 Å². The van der Waals surface area contributed by atoms with Crippen LogP contribution in [0.25, 0.3) is 0 Å². The molecule has 0 heterocycles. The predicted octanol–water partition coefficient (Wildman–Crippen LogP) is 1.68. The summed E-state index contributed by atoms with van der Waals surface area (Å²) in [4.78, 5) is 34.1. The molecule has 1 saturated carbocycles. The highest BCUT2D eigenvalue weighted by Crippen LogP contribution is 2.27. The highest BCUT2D eigenvalue weighted by Gasteiger charge is 2.33. The summed E-state index contributed by atoms with van der Waals surface area (Å²) in [5, 5.41) is 22.7. The molecule has 3 N–H and O–H groups in total.